The minimum atomic E-state index is -0.539. The summed E-state index contributed by atoms with van der Waals surface area (Å²) in [7, 11) is 0. The highest BCUT2D eigenvalue weighted by atomic mass is 16.6. The predicted octanol–water partition coefficient (Wildman–Crippen LogP) is 3.75. The van der Waals surface area contributed by atoms with Gasteiger partial charge in [0.2, 0.25) is 0 Å². The quantitative estimate of drug-likeness (QED) is 0.350. The molecule has 0 bridgehead atoms. The van der Waals surface area contributed by atoms with E-state index in [0.717, 1.165) is 18.4 Å². The average Bonchev–Trinajstić information content (AvgIpc) is 2.48. The topological polar surface area (TPSA) is 64.6 Å². The summed E-state index contributed by atoms with van der Waals surface area (Å²) in [5.41, 5.74) is 0.455. The molecular weight excluding hydrogens is 294 g/mol. The Labute approximate surface area is 139 Å². The third-order valence-electron chi connectivity index (χ3n) is 3.58. The minimum Gasteiger partial charge on any atom is -0.461 e. The molecule has 0 radical (unpaired) electrons. The van der Waals surface area contributed by atoms with E-state index in [2.05, 4.69) is 11.9 Å². The lowest BCUT2D eigenvalue weighted by Crippen LogP contribution is -2.34. The van der Waals surface area contributed by atoms with Crippen LogP contribution in [0.2, 0.25) is 0 Å². The second-order valence-corrected chi connectivity index (χ2v) is 6.84. The molecule has 1 amide bonds. The summed E-state index contributed by atoms with van der Waals surface area (Å²) >= 11 is 0. The molecule has 5 nitrogen and oxygen atoms in total. The van der Waals surface area contributed by atoms with Gasteiger partial charge < -0.3 is 14.8 Å². The molecule has 1 saturated carbocycles. The Morgan fingerprint density at radius 3 is 2.43 bits per heavy atom. The van der Waals surface area contributed by atoms with E-state index in [9.17, 15) is 9.59 Å². The zero-order valence-corrected chi connectivity index (χ0v) is 14.5. The van der Waals surface area contributed by atoms with Crippen LogP contribution in [0.4, 0.5) is 4.79 Å². The Morgan fingerprint density at radius 2 is 1.83 bits per heavy atom. The molecule has 23 heavy (non-hydrogen) atoms. The summed E-state index contributed by atoms with van der Waals surface area (Å²) in [5.74, 6) is 0.0644. The van der Waals surface area contributed by atoms with Crippen LogP contribution in [0.25, 0.3) is 0 Å². The monoisotopic (exact) mass is 323 g/mol. The van der Waals surface area contributed by atoms with Crippen LogP contribution in [0.5, 0.6) is 0 Å². The van der Waals surface area contributed by atoms with Crippen molar-refractivity contribution in [3.8, 4) is 0 Å². The number of ether oxygens (including phenoxy) is 2. The Hall–Kier alpha value is -1.78. The molecule has 1 rings (SSSR count). The number of rotatable bonds is 6. The van der Waals surface area contributed by atoms with Crippen LogP contribution >= 0.6 is 0 Å². The maximum atomic E-state index is 11.6. The van der Waals surface area contributed by atoms with Crippen LogP contribution in [0.3, 0.4) is 0 Å². The molecular formula is C18H29NO4. The lowest BCUT2D eigenvalue weighted by atomic mass is 9.84. The second-order valence-electron chi connectivity index (χ2n) is 6.84. The third kappa shape index (κ3) is 9.06. The van der Waals surface area contributed by atoms with Gasteiger partial charge in [0, 0.05) is 6.08 Å². The Morgan fingerprint density at radius 1 is 1.17 bits per heavy atom. The van der Waals surface area contributed by atoms with Gasteiger partial charge in [0.05, 0.1) is 6.54 Å². The van der Waals surface area contributed by atoms with E-state index >= 15 is 0 Å². The van der Waals surface area contributed by atoms with Crippen LogP contribution < -0.4 is 5.32 Å². The van der Waals surface area contributed by atoms with E-state index in [1.54, 1.807) is 26.8 Å². The molecule has 0 atom stereocenters. The first-order valence-electron chi connectivity index (χ1n) is 8.28. The molecule has 0 spiro atoms. The molecule has 1 aliphatic carbocycles. The number of nitrogens with one attached hydrogen (secondary N) is 1. The summed E-state index contributed by atoms with van der Waals surface area (Å²) < 4.78 is 10.1. The largest absolute Gasteiger partial charge is 0.461 e. The highest BCUT2D eigenvalue weighted by Crippen LogP contribution is 2.29. The van der Waals surface area contributed by atoms with Crippen molar-refractivity contribution >= 4 is 12.1 Å². The molecule has 1 fully saturated rings. The van der Waals surface area contributed by atoms with E-state index in [1.807, 2.05) is 0 Å². The first-order valence-corrected chi connectivity index (χ1v) is 8.28. The van der Waals surface area contributed by atoms with Gasteiger partial charge in [-0.05, 0) is 39.5 Å². The SMILES string of the molecule is C=C(/C=C/C(=O)OCCNC(=O)OC(C)(C)C)C1CCCCC1. The van der Waals surface area contributed by atoms with E-state index in [4.69, 9.17) is 9.47 Å². The molecule has 0 aromatic rings. The number of carbonyl (C=O) groups is 2. The predicted molar refractivity (Wildman–Crippen MR) is 90.1 cm³/mol. The first-order chi connectivity index (χ1) is 10.8. The standard InChI is InChI=1S/C18H29NO4/c1-14(15-8-6-5-7-9-15)10-11-16(20)22-13-12-19-17(21)23-18(2,3)4/h10-11,15H,1,5-9,12-13H2,2-4H3,(H,19,21)/b11-10+. The number of allylic oxidation sites excluding steroid dienone is 2. The van der Waals surface area contributed by atoms with Crippen molar-refractivity contribution in [2.75, 3.05) is 13.2 Å². The van der Waals surface area contributed by atoms with Crippen molar-refractivity contribution in [2.24, 2.45) is 5.92 Å². The summed E-state index contributed by atoms with van der Waals surface area (Å²) in [5, 5.41) is 2.53. The highest BCUT2D eigenvalue weighted by molar-refractivity contribution is 5.82. The maximum absolute atomic E-state index is 11.6. The normalized spacial score (nSPS) is 16.1. The van der Waals surface area contributed by atoms with Gasteiger partial charge >= 0.3 is 12.1 Å². The van der Waals surface area contributed by atoms with Crippen LogP contribution in [-0.4, -0.2) is 30.8 Å². The molecule has 0 unspecified atom stereocenters. The lowest BCUT2D eigenvalue weighted by Gasteiger charge is -2.21. The summed E-state index contributed by atoms with van der Waals surface area (Å²) in [6, 6.07) is 0. The van der Waals surface area contributed by atoms with E-state index in [0.29, 0.717) is 5.92 Å². The van der Waals surface area contributed by atoms with Crippen LogP contribution in [-0.2, 0) is 14.3 Å². The summed E-state index contributed by atoms with van der Waals surface area (Å²) in [4.78, 5) is 23.0. The number of amides is 1. The third-order valence-corrected chi connectivity index (χ3v) is 3.58. The number of esters is 1. The molecule has 0 saturated heterocycles. The second kappa shape index (κ2) is 9.38. The maximum Gasteiger partial charge on any atom is 0.407 e. The van der Waals surface area contributed by atoms with Crippen LogP contribution in [0, 0.1) is 5.92 Å². The first kappa shape index (κ1) is 19.3. The van der Waals surface area contributed by atoms with Gasteiger partial charge in [-0.15, -0.1) is 0 Å². The number of alkyl carbamates (subject to hydrolysis) is 1. The number of hydrogen-bond donors (Lipinski definition) is 1. The number of hydrogen-bond acceptors (Lipinski definition) is 4. The molecule has 0 aliphatic heterocycles. The van der Waals surface area contributed by atoms with Gasteiger partial charge in [-0.2, -0.15) is 0 Å². The Bertz CT molecular complexity index is 442. The van der Waals surface area contributed by atoms with Crippen molar-refractivity contribution in [1.82, 2.24) is 5.32 Å². The molecule has 1 N–H and O–H groups in total. The fourth-order valence-electron chi connectivity index (χ4n) is 2.45. The van der Waals surface area contributed by atoms with Crippen molar-refractivity contribution in [1.29, 1.82) is 0 Å². The van der Waals surface area contributed by atoms with Crippen molar-refractivity contribution in [3.05, 3.63) is 24.3 Å². The Kier molecular flexibility index (Phi) is 7.86. The summed E-state index contributed by atoms with van der Waals surface area (Å²) in [6.07, 6.45) is 8.70. The van der Waals surface area contributed by atoms with E-state index in [-0.39, 0.29) is 13.2 Å². The smallest absolute Gasteiger partial charge is 0.407 e. The van der Waals surface area contributed by atoms with Crippen molar-refractivity contribution < 1.29 is 19.1 Å². The van der Waals surface area contributed by atoms with Gasteiger partial charge in [-0.3, -0.25) is 0 Å². The minimum absolute atomic E-state index is 0.109. The van der Waals surface area contributed by atoms with E-state index in [1.165, 1.54) is 25.3 Å². The fraction of sp³-hybridized carbons (Fsp3) is 0.667. The highest BCUT2D eigenvalue weighted by Gasteiger charge is 2.16. The fourth-order valence-corrected chi connectivity index (χ4v) is 2.45. The van der Waals surface area contributed by atoms with Gasteiger partial charge in [0.25, 0.3) is 0 Å². The molecule has 0 aromatic heterocycles. The van der Waals surface area contributed by atoms with Gasteiger partial charge in [-0.1, -0.05) is 37.5 Å². The number of carbonyl (C=O) groups excluding carboxylic acids is 2. The van der Waals surface area contributed by atoms with Gasteiger partial charge in [0.15, 0.2) is 0 Å². The average molecular weight is 323 g/mol. The van der Waals surface area contributed by atoms with E-state index < -0.39 is 17.7 Å². The summed E-state index contributed by atoms with van der Waals surface area (Å²) in [6.45, 7) is 9.73. The van der Waals surface area contributed by atoms with Gasteiger partial charge in [-0.25, -0.2) is 9.59 Å². The van der Waals surface area contributed by atoms with Crippen molar-refractivity contribution in [2.45, 2.75) is 58.5 Å². The zero-order chi connectivity index (χ0) is 17.3. The molecule has 130 valence electrons. The van der Waals surface area contributed by atoms with Gasteiger partial charge in [0.1, 0.15) is 12.2 Å². The molecule has 1 aliphatic rings. The lowest BCUT2D eigenvalue weighted by molar-refractivity contribution is -0.137. The molecule has 0 heterocycles. The van der Waals surface area contributed by atoms with Crippen LogP contribution in [0.15, 0.2) is 24.3 Å². The van der Waals surface area contributed by atoms with Crippen LogP contribution in [0.1, 0.15) is 52.9 Å². The zero-order valence-electron chi connectivity index (χ0n) is 14.5. The molecule has 5 heteroatoms. The Balaban J connectivity index is 2.17. The van der Waals surface area contributed by atoms with Crippen molar-refractivity contribution in [3.63, 3.8) is 0 Å². The molecule has 0 aromatic carbocycles.